The molecule has 2 saturated heterocycles. The first-order valence-corrected chi connectivity index (χ1v) is 9.74. The third-order valence-corrected chi connectivity index (χ3v) is 6.94. The van der Waals surface area contributed by atoms with Gasteiger partial charge in [-0.15, -0.1) is 0 Å². The van der Waals surface area contributed by atoms with Gasteiger partial charge in [-0.05, 0) is 62.9 Å². The Kier molecular flexibility index (Phi) is 4.54. The summed E-state index contributed by atoms with van der Waals surface area (Å²) in [4.78, 5) is 15.7. The van der Waals surface area contributed by atoms with Crippen molar-refractivity contribution in [3.05, 3.63) is 70.2 Å². The Hall–Kier alpha value is -1.84. The highest BCUT2D eigenvalue weighted by molar-refractivity contribution is 6.31. The van der Waals surface area contributed by atoms with E-state index in [0.717, 1.165) is 18.4 Å². The van der Waals surface area contributed by atoms with Gasteiger partial charge in [0.2, 0.25) is 0 Å². The Morgan fingerprint density at radius 2 is 1.85 bits per heavy atom. The number of rotatable bonds is 4. The number of halogens is 1. The molecule has 0 aromatic heterocycles. The maximum Gasteiger partial charge on any atom is 0.252 e. The molecule has 2 fully saturated rings. The highest BCUT2D eigenvalue weighted by Gasteiger charge is 2.54. The lowest BCUT2D eigenvalue weighted by Crippen LogP contribution is -2.51. The van der Waals surface area contributed by atoms with Gasteiger partial charge >= 0.3 is 0 Å². The van der Waals surface area contributed by atoms with Gasteiger partial charge in [0.05, 0.1) is 6.04 Å². The van der Waals surface area contributed by atoms with E-state index in [1.165, 1.54) is 18.4 Å². The molecule has 2 aromatic rings. The van der Waals surface area contributed by atoms with E-state index in [0.29, 0.717) is 16.6 Å². The van der Waals surface area contributed by atoms with Crippen LogP contribution in [0.5, 0.6) is 0 Å². The second-order valence-electron chi connectivity index (χ2n) is 7.68. The maximum absolute atomic E-state index is 13.1. The van der Waals surface area contributed by atoms with Gasteiger partial charge in [0.1, 0.15) is 0 Å². The number of fused-ring (bicyclic) bond motifs is 2. The van der Waals surface area contributed by atoms with Crippen LogP contribution >= 0.6 is 11.6 Å². The minimum absolute atomic E-state index is 0.00810. The van der Waals surface area contributed by atoms with Gasteiger partial charge in [0.25, 0.3) is 5.91 Å². The van der Waals surface area contributed by atoms with E-state index in [2.05, 4.69) is 41.5 Å². The van der Waals surface area contributed by atoms with E-state index in [1.807, 2.05) is 31.2 Å². The number of hydrogen-bond acceptors (Lipinski definition) is 2. The quantitative estimate of drug-likeness (QED) is 0.844. The maximum atomic E-state index is 13.1. The first-order chi connectivity index (χ1) is 12.5. The molecular weight excluding hydrogens is 344 g/mol. The molecular formula is C22H25ClN2O. The standard InChI is InChI=1S/C22H25ClN2O/c1-15-18(9-6-10-19(15)23)21(26)24-20(16-7-4-3-5-8-16)22-13-11-17(12-14-22)25(22)2/h3-10,17,20H,11-14H2,1-2H3,(H,24,26). The monoisotopic (exact) mass is 368 g/mol. The van der Waals surface area contributed by atoms with E-state index < -0.39 is 0 Å². The lowest BCUT2D eigenvalue weighted by Gasteiger charge is -2.41. The van der Waals surface area contributed by atoms with Crippen LogP contribution in [0.3, 0.4) is 0 Å². The lowest BCUT2D eigenvalue weighted by molar-refractivity contribution is 0.0837. The molecule has 1 amide bonds. The number of nitrogens with one attached hydrogen (secondary N) is 1. The molecule has 3 nitrogen and oxygen atoms in total. The van der Waals surface area contributed by atoms with Crippen LogP contribution < -0.4 is 5.32 Å². The number of nitrogens with zero attached hydrogens (tertiary/aromatic N) is 1. The van der Waals surface area contributed by atoms with Crippen molar-refractivity contribution >= 4 is 17.5 Å². The Bertz CT molecular complexity index is 812. The SMILES string of the molecule is Cc1c(Cl)cccc1C(=O)NC(c1ccccc1)C12CCC(CC1)N2C. The predicted molar refractivity (Wildman–Crippen MR) is 106 cm³/mol. The van der Waals surface area contributed by atoms with Gasteiger partial charge in [0, 0.05) is 22.2 Å². The molecule has 1 atom stereocenters. The lowest BCUT2D eigenvalue weighted by atomic mass is 9.78. The van der Waals surface area contributed by atoms with Crippen molar-refractivity contribution in [3.63, 3.8) is 0 Å². The molecule has 0 saturated carbocycles. The van der Waals surface area contributed by atoms with Gasteiger partial charge in [0.15, 0.2) is 0 Å². The number of carbonyl (C=O) groups is 1. The number of hydrogen-bond donors (Lipinski definition) is 1. The van der Waals surface area contributed by atoms with E-state index in [1.54, 1.807) is 0 Å². The third kappa shape index (κ3) is 2.74. The summed E-state index contributed by atoms with van der Waals surface area (Å²) in [5.74, 6) is -0.0445. The molecule has 2 aliphatic heterocycles. The van der Waals surface area contributed by atoms with Crippen molar-refractivity contribution in [2.75, 3.05) is 7.05 Å². The van der Waals surface area contributed by atoms with Crippen LogP contribution in [0.25, 0.3) is 0 Å². The summed E-state index contributed by atoms with van der Waals surface area (Å²) >= 11 is 6.23. The minimum Gasteiger partial charge on any atom is -0.343 e. The minimum atomic E-state index is -0.0445. The highest BCUT2D eigenvalue weighted by Crippen LogP contribution is 2.51. The summed E-state index contributed by atoms with van der Waals surface area (Å²) in [6, 6.07) is 16.5. The molecule has 2 aliphatic rings. The molecule has 0 aliphatic carbocycles. The predicted octanol–water partition coefficient (Wildman–Crippen LogP) is 4.75. The van der Waals surface area contributed by atoms with Gasteiger partial charge < -0.3 is 5.32 Å². The number of benzene rings is 2. The zero-order valence-electron chi connectivity index (χ0n) is 15.3. The second kappa shape index (κ2) is 6.71. The molecule has 26 heavy (non-hydrogen) atoms. The van der Waals surface area contributed by atoms with Gasteiger partial charge in [-0.2, -0.15) is 0 Å². The van der Waals surface area contributed by atoms with Crippen molar-refractivity contribution in [1.82, 2.24) is 10.2 Å². The second-order valence-corrected chi connectivity index (χ2v) is 8.08. The molecule has 2 aromatic carbocycles. The van der Waals surface area contributed by atoms with E-state index >= 15 is 0 Å². The molecule has 4 rings (SSSR count). The Morgan fingerprint density at radius 1 is 1.15 bits per heavy atom. The van der Waals surface area contributed by atoms with Gasteiger partial charge in [-0.1, -0.05) is 48.0 Å². The smallest absolute Gasteiger partial charge is 0.252 e. The summed E-state index contributed by atoms with van der Waals surface area (Å²) in [6.07, 6.45) is 4.68. The number of amides is 1. The summed E-state index contributed by atoms with van der Waals surface area (Å²) in [5.41, 5.74) is 2.67. The summed E-state index contributed by atoms with van der Waals surface area (Å²) in [7, 11) is 2.22. The molecule has 1 N–H and O–H groups in total. The molecule has 136 valence electrons. The van der Waals surface area contributed by atoms with E-state index in [9.17, 15) is 4.79 Å². The van der Waals surface area contributed by atoms with E-state index in [-0.39, 0.29) is 17.5 Å². The fourth-order valence-corrected chi connectivity index (χ4v) is 5.11. The average Bonchev–Trinajstić information content (AvgIpc) is 3.15. The van der Waals surface area contributed by atoms with Crippen LogP contribution in [0, 0.1) is 6.92 Å². The number of likely N-dealkylation sites (N-methyl/N-ethyl adjacent to an activating group) is 1. The fraction of sp³-hybridized carbons (Fsp3) is 0.409. The van der Waals surface area contributed by atoms with Crippen LogP contribution in [0.2, 0.25) is 5.02 Å². The molecule has 4 heteroatoms. The average molecular weight is 369 g/mol. The van der Waals surface area contributed by atoms with Crippen LogP contribution in [0.1, 0.15) is 53.2 Å². The van der Waals surface area contributed by atoms with Crippen LogP contribution in [0.15, 0.2) is 48.5 Å². The van der Waals surface area contributed by atoms with Crippen LogP contribution in [-0.4, -0.2) is 29.4 Å². The normalized spacial score (nSPS) is 26.0. The van der Waals surface area contributed by atoms with Crippen molar-refractivity contribution in [1.29, 1.82) is 0 Å². The molecule has 0 radical (unpaired) electrons. The highest BCUT2D eigenvalue weighted by atomic mass is 35.5. The van der Waals surface area contributed by atoms with Gasteiger partial charge in [-0.3, -0.25) is 9.69 Å². The number of carbonyl (C=O) groups excluding carboxylic acids is 1. The molecule has 2 bridgehead atoms. The first kappa shape index (κ1) is 17.6. The largest absolute Gasteiger partial charge is 0.343 e. The van der Waals surface area contributed by atoms with Crippen LogP contribution in [0.4, 0.5) is 0 Å². The Labute approximate surface area is 160 Å². The molecule has 0 spiro atoms. The Morgan fingerprint density at radius 3 is 2.46 bits per heavy atom. The molecule has 2 heterocycles. The summed E-state index contributed by atoms with van der Waals surface area (Å²) in [5, 5.41) is 4.00. The van der Waals surface area contributed by atoms with Crippen molar-refractivity contribution in [2.45, 2.75) is 50.2 Å². The van der Waals surface area contributed by atoms with Crippen molar-refractivity contribution < 1.29 is 4.79 Å². The van der Waals surface area contributed by atoms with Crippen molar-refractivity contribution in [2.24, 2.45) is 0 Å². The fourth-order valence-electron chi connectivity index (χ4n) is 4.93. The summed E-state index contributed by atoms with van der Waals surface area (Å²) < 4.78 is 0. The molecule has 1 unspecified atom stereocenters. The summed E-state index contributed by atoms with van der Waals surface area (Å²) in [6.45, 7) is 1.90. The van der Waals surface area contributed by atoms with Gasteiger partial charge in [-0.25, -0.2) is 0 Å². The van der Waals surface area contributed by atoms with E-state index in [4.69, 9.17) is 11.6 Å². The van der Waals surface area contributed by atoms with Crippen LogP contribution in [-0.2, 0) is 0 Å². The Balaban J connectivity index is 1.71. The third-order valence-electron chi connectivity index (χ3n) is 6.53. The zero-order chi connectivity index (χ0) is 18.3. The first-order valence-electron chi connectivity index (χ1n) is 9.37. The zero-order valence-corrected chi connectivity index (χ0v) is 16.1. The van der Waals surface area contributed by atoms with Crippen molar-refractivity contribution in [3.8, 4) is 0 Å². The topological polar surface area (TPSA) is 32.3 Å².